The Labute approximate surface area is 74.6 Å². The molecule has 0 amide bonds. The Morgan fingerprint density at radius 3 is 2.50 bits per heavy atom. The molecule has 1 heteroatoms. The molecule has 0 unspecified atom stereocenters. The number of hydrogen-bond donors (Lipinski definition) is 1. The Morgan fingerprint density at radius 2 is 1.92 bits per heavy atom. The first-order valence-electron chi connectivity index (χ1n) is 4.50. The summed E-state index contributed by atoms with van der Waals surface area (Å²) >= 11 is 0. The summed E-state index contributed by atoms with van der Waals surface area (Å²) in [6.07, 6.45) is 1.15. The molecule has 0 saturated carbocycles. The lowest BCUT2D eigenvalue weighted by Crippen LogP contribution is -1.99. The van der Waals surface area contributed by atoms with Crippen molar-refractivity contribution in [2.75, 3.05) is 0 Å². The van der Waals surface area contributed by atoms with E-state index in [1.165, 1.54) is 11.1 Å². The smallest absolute Gasteiger partial charge is 0.0178 e. The Hall–Kier alpha value is -0.820. The highest BCUT2D eigenvalue weighted by Crippen LogP contribution is 2.09. The van der Waals surface area contributed by atoms with Gasteiger partial charge < -0.3 is 5.73 Å². The molecule has 12 heavy (non-hydrogen) atoms. The van der Waals surface area contributed by atoms with Crippen molar-refractivity contribution in [1.29, 1.82) is 0 Å². The molecule has 66 valence electrons. The van der Waals surface area contributed by atoms with E-state index in [1.807, 2.05) is 0 Å². The maximum atomic E-state index is 5.55. The first-order chi connectivity index (χ1) is 5.72. The van der Waals surface area contributed by atoms with E-state index in [9.17, 15) is 0 Å². The van der Waals surface area contributed by atoms with Crippen LogP contribution >= 0.6 is 0 Å². The van der Waals surface area contributed by atoms with E-state index >= 15 is 0 Å². The molecule has 1 rings (SSSR count). The summed E-state index contributed by atoms with van der Waals surface area (Å²) < 4.78 is 0. The Kier molecular flexibility index (Phi) is 3.30. The van der Waals surface area contributed by atoms with E-state index < -0.39 is 0 Å². The third-order valence-electron chi connectivity index (χ3n) is 1.87. The molecule has 0 spiro atoms. The van der Waals surface area contributed by atoms with Gasteiger partial charge in [-0.3, -0.25) is 0 Å². The SMILES string of the molecule is CC(C)Cc1cccc(CN)c1. The van der Waals surface area contributed by atoms with Crippen molar-refractivity contribution in [2.45, 2.75) is 26.8 Å². The molecule has 0 saturated heterocycles. The lowest BCUT2D eigenvalue weighted by Gasteiger charge is -2.05. The van der Waals surface area contributed by atoms with Gasteiger partial charge in [0.25, 0.3) is 0 Å². The summed E-state index contributed by atoms with van der Waals surface area (Å²) in [6, 6.07) is 8.52. The molecular formula is C11H17N. The molecule has 1 aromatic carbocycles. The number of hydrogen-bond acceptors (Lipinski definition) is 1. The highest BCUT2D eigenvalue weighted by atomic mass is 14.5. The average Bonchev–Trinajstić information content (AvgIpc) is 2.03. The summed E-state index contributed by atoms with van der Waals surface area (Å²) in [5.74, 6) is 0.720. The topological polar surface area (TPSA) is 26.0 Å². The largest absolute Gasteiger partial charge is 0.326 e. The van der Waals surface area contributed by atoms with E-state index in [0.717, 1.165) is 12.3 Å². The van der Waals surface area contributed by atoms with E-state index in [0.29, 0.717) is 6.54 Å². The average molecular weight is 163 g/mol. The predicted octanol–water partition coefficient (Wildman–Crippen LogP) is 2.34. The second-order valence-corrected chi connectivity index (χ2v) is 3.62. The van der Waals surface area contributed by atoms with Gasteiger partial charge >= 0.3 is 0 Å². The molecule has 1 nitrogen and oxygen atoms in total. The molecule has 0 aliphatic rings. The van der Waals surface area contributed by atoms with Gasteiger partial charge in [0.15, 0.2) is 0 Å². The second-order valence-electron chi connectivity index (χ2n) is 3.62. The number of nitrogens with two attached hydrogens (primary N) is 1. The highest BCUT2D eigenvalue weighted by Gasteiger charge is 1.97. The van der Waals surface area contributed by atoms with E-state index in [1.54, 1.807) is 0 Å². The quantitative estimate of drug-likeness (QED) is 0.727. The van der Waals surface area contributed by atoms with Crippen LogP contribution in [0.1, 0.15) is 25.0 Å². The van der Waals surface area contributed by atoms with Gasteiger partial charge in [0.05, 0.1) is 0 Å². The maximum absolute atomic E-state index is 5.55. The molecule has 0 atom stereocenters. The minimum atomic E-state index is 0.645. The van der Waals surface area contributed by atoms with Gasteiger partial charge in [0, 0.05) is 6.54 Å². The van der Waals surface area contributed by atoms with Crippen LogP contribution in [0.15, 0.2) is 24.3 Å². The Bertz CT molecular complexity index is 241. The van der Waals surface area contributed by atoms with E-state index in [4.69, 9.17) is 5.73 Å². The number of benzene rings is 1. The van der Waals surface area contributed by atoms with Crippen molar-refractivity contribution in [3.8, 4) is 0 Å². The molecule has 0 aromatic heterocycles. The maximum Gasteiger partial charge on any atom is 0.0178 e. The van der Waals surface area contributed by atoms with Crippen LogP contribution in [0.5, 0.6) is 0 Å². The lowest BCUT2D eigenvalue weighted by atomic mass is 10.0. The molecule has 0 aliphatic carbocycles. The third kappa shape index (κ3) is 2.67. The van der Waals surface area contributed by atoms with Crippen molar-refractivity contribution >= 4 is 0 Å². The fourth-order valence-electron chi connectivity index (χ4n) is 1.36. The zero-order valence-corrected chi connectivity index (χ0v) is 7.88. The lowest BCUT2D eigenvalue weighted by molar-refractivity contribution is 0.646. The highest BCUT2D eigenvalue weighted by molar-refractivity contribution is 5.23. The Balaban J connectivity index is 2.72. The van der Waals surface area contributed by atoms with Crippen LogP contribution in [0.3, 0.4) is 0 Å². The van der Waals surface area contributed by atoms with Gasteiger partial charge in [-0.25, -0.2) is 0 Å². The van der Waals surface area contributed by atoms with Gasteiger partial charge in [-0.15, -0.1) is 0 Å². The monoisotopic (exact) mass is 163 g/mol. The molecular weight excluding hydrogens is 146 g/mol. The predicted molar refractivity (Wildman–Crippen MR) is 52.9 cm³/mol. The van der Waals surface area contributed by atoms with Crippen LogP contribution < -0.4 is 5.73 Å². The van der Waals surface area contributed by atoms with Gasteiger partial charge in [-0.05, 0) is 23.5 Å². The molecule has 0 fully saturated rings. The summed E-state index contributed by atoms with van der Waals surface area (Å²) in [5, 5.41) is 0. The van der Waals surface area contributed by atoms with E-state index in [-0.39, 0.29) is 0 Å². The fourth-order valence-corrected chi connectivity index (χ4v) is 1.36. The molecule has 0 heterocycles. The molecule has 0 bridgehead atoms. The molecule has 0 radical (unpaired) electrons. The fraction of sp³-hybridized carbons (Fsp3) is 0.455. The summed E-state index contributed by atoms with van der Waals surface area (Å²) in [7, 11) is 0. The standard InChI is InChI=1S/C11H17N/c1-9(2)6-10-4-3-5-11(7-10)8-12/h3-5,7,9H,6,8,12H2,1-2H3. The minimum absolute atomic E-state index is 0.645. The van der Waals surface area contributed by atoms with Crippen LogP contribution in [0.2, 0.25) is 0 Å². The van der Waals surface area contributed by atoms with Gasteiger partial charge in [-0.1, -0.05) is 38.1 Å². The Morgan fingerprint density at radius 1 is 1.25 bits per heavy atom. The van der Waals surface area contributed by atoms with Gasteiger partial charge in [-0.2, -0.15) is 0 Å². The molecule has 0 aliphatic heterocycles. The van der Waals surface area contributed by atoms with Crippen molar-refractivity contribution < 1.29 is 0 Å². The van der Waals surface area contributed by atoms with Crippen LogP contribution in [0.25, 0.3) is 0 Å². The van der Waals surface area contributed by atoms with Crippen molar-refractivity contribution in [3.63, 3.8) is 0 Å². The molecule has 1 aromatic rings. The summed E-state index contributed by atoms with van der Waals surface area (Å²) in [5.41, 5.74) is 8.18. The second kappa shape index (κ2) is 4.27. The summed E-state index contributed by atoms with van der Waals surface area (Å²) in [4.78, 5) is 0. The number of rotatable bonds is 3. The van der Waals surface area contributed by atoms with E-state index in [2.05, 4.69) is 38.1 Å². The zero-order chi connectivity index (χ0) is 8.97. The van der Waals surface area contributed by atoms with Crippen LogP contribution in [0.4, 0.5) is 0 Å². The van der Waals surface area contributed by atoms with Crippen molar-refractivity contribution in [1.82, 2.24) is 0 Å². The van der Waals surface area contributed by atoms with Crippen molar-refractivity contribution in [3.05, 3.63) is 35.4 Å². The minimum Gasteiger partial charge on any atom is -0.326 e. The zero-order valence-electron chi connectivity index (χ0n) is 7.88. The summed E-state index contributed by atoms with van der Waals surface area (Å²) in [6.45, 7) is 5.11. The third-order valence-corrected chi connectivity index (χ3v) is 1.87. The van der Waals surface area contributed by atoms with Crippen molar-refractivity contribution in [2.24, 2.45) is 11.7 Å². The first-order valence-corrected chi connectivity index (χ1v) is 4.50. The first kappa shape index (κ1) is 9.27. The molecule has 2 N–H and O–H groups in total. The normalized spacial score (nSPS) is 10.7. The van der Waals surface area contributed by atoms with Gasteiger partial charge in [0.1, 0.15) is 0 Å². The van der Waals surface area contributed by atoms with Crippen LogP contribution in [-0.4, -0.2) is 0 Å². The van der Waals surface area contributed by atoms with Crippen LogP contribution in [0, 0.1) is 5.92 Å². The van der Waals surface area contributed by atoms with Crippen LogP contribution in [-0.2, 0) is 13.0 Å². The van der Waals surface area contributed by atoms with Gasteiger partial charge in [0.2, 0.25) is 0 Å².